The smallest absolute Gasteiger partial charge is 0.0680 e. The molecule has 0 radical (unpaired) electrons. The summed E-state index contributed by atoms with van der Waals surface area (Å²) in [6.45, 7) is 10.1. The fourth-order valence-corrected chi connectivity index (χ4v) is 2.54. The standard InChI is InChI=1S/C11H23N3O/c1-2-13-3-5-14(6-4-13)9-10-7-11(15)8-12-10/h10-12,15H,2-9H2,1H3. The average Bonchev–Trinajstić information content (AvgIpc) is 2.65. The summed E-state index contributed by atoms with van der Waals surface area (Å²) in [5, 5.41) is 12.8. The molecule has 2 atom stereocenters. The van der Waals surface area contributed by atoms with Gasteiger partial charge < -0.3 is 15.3 Å². The Morgan fingerprint density at radius 3 is 2.40 bits per heavy atom. The van der Waals surface area contributed by atoms with Crippen LogP contribution in [0, 0.1) is 0 Å². The molecule has 0 aromatic carbocycles. The molecule has 2 N–H and O–H groups in total. The second-order valence-corrected chi connectivity index (χ2v) is 4.73. The Labute approximate surface area is 92.2 Å². The first-order chi connectivity index (χ1) is 7.28. The summed E-state index contributed by atoms with van der Waals surface area (Å²) in [5.41, 5.74) is 0. The fourth-order valence-electron chi connectivity index (χ4n) is 2.54. The van der Waals surface area contributed by atoms with E-state index in [9.17, 15) is 5.11 Å². The largest absolute Gasteiger partial charge is 0.392 e. The number of aliphatic hydroxyl groups is 1. The maximum Gasteiger partial charge on any atom is 0.0680 e. The van der Waals surface area contributed by atoms with E-state index in [1.807, 2.05) is 0 Å². The number of β-amino-alcohol motifs (C(OH)–C–C–N with tert-alkyl or cyclic N) is 1. The van der Waals surface area contributed by atoms with Gasteiger partial charge in [0.25, 0.3) is 0 Å². The predicted molar refractivity (Wildman–Crippen MR) is 61.0 cm³/mol. The monoisotopic (exact) mass is 213 g/mol. The van der Waals surface area contributed by atoms with Gasteiger partial charge in [-0.2, -0.15) is 0 Å². The normalized spacial score (nSPS) is 34.8. The molecule has 0 aliphatic carbocycles. The Hall–Kier alpha value is -0.160. The lowest BCUT2D eigenvalue weighted by atomic mass is 10.2. The number of hydrogen-bond donors (Lipinski definition) is 2. The number of nitrogens with zero attached hydrogens (tertiary/aromatic N) is 2. The first-order valence-electron chi connectivity index (χ1n) is 6.14. The summed E-state index contributed by atoms with van der Waals surface area (Å²) in [7, 11) is 0. The number of aliphatic hydroxyl groups excluding tert-OH is 1. The van der Waals surface area contributed by atoms with Crippen LogP contribution in [-0.4, -0.2) is 72.9 Å². The third kappa shape index (κ3) is 3.14. The second-order valence-electron chi connectivity index (χ2n) is 4.73. The van der Waals surface area contributed by atoms with Gasteiger partial charge in [-0.05, 0) is 13.0 Å². The molecule has 4 heteroatoms. The Kier molecular flexibility index (Phi) is 3.97. The van der Waals surface area contributed by atoms with Crippen LogP contribution in [0.15, 0.2) is 0 Å². The highest BCUT2D eigenvalue weighted by atomic mass is 16.3. The molecule has 0 aromatic heterocycles. The van der Waals surface area contributed by atoms with Crippen molar-refractivity contribution in [1.82, 2.24) is 15.1 Å². The topological polar surface area (TPSA) is 38.7 Å². The van der Waals surface area contributed by atoms with Crippen molar-refractivity contribution in [2.24, 2.45) is 0 Å². The lowest BCUT2D eigenvalue weighted by molar-refractivity contribution is 0.126. The molecule has 0 bridgehead atoms. The molecular formula is C11H23N3O. The van der Waals surface area contributed by atoms with E-state index in [-0.39, 0.29) is 6.10 Å². The molecule has 2 unspecified atom stereocenters. The average molecular weight is 213 g/mol. The number of nitrogens with one attached hydrogen (secondary N) is 1. The zero-order chi connectivity index (χ0) is 10.7. The van der Waals surface area contributed by atoms with E-state index in [2.05, 4.69) is 22.0 Å². The van der Waals surface area contributed by atoms with Crippen molar-refractivity contribution in [1.29, 1.82) is 0 Å². The van der Waals surface area contributed by atoms with E-state index in [1.165, 1.54) is 32.7 Å². The van der Waals surface area contributed by atoms with Crippen LogP contribution in [0.25, 0.3) is 0 Å². The van der Waals surface area contributed by atoms with Gasteiger partial charge in [0.05, 0.1) is 6.10 Å². The van der Waals surface area contributed by atoms with Crippen molar-refractivity contribution in [2.45, 2.75) is 25.5 Å². The molecule has 15 heavy (non-hydrogen) atoms. The zero-order valence-electron chi connectivity index (χ0n) is 9.65. The molecule has 88 valence electrons. The Morgan fingerprint density at radius 1 is 1.20 bits per heavy atom. The highest BCUT2D eigenvalue weighted by molar-refractivity contribution is 4.85. The van der Waals surface area contributed by atoms with Gasteiger partial charge in [-0.15, -0.1) is 0 Å². The van der Waals surface area contributed by atoms with Crippen molar-refractivity contribution in [3.63, 3.8) is 0 Å². The van der Waals surface area contributed by atoms with E-state index >= 15 is 0 Å². The minimum absolute atomic E-state index is 0.119. The van der Waals surface area contributed by atoms with Crippen molar-refractivity contribution in [2.75, 3.05) is 45.8 Å². The van der Waals surface area contributed by atoms with E-state index in [0.29, 0.717) is 6.04 Å². The summed E-state index contributed by atoms with van der Waals surface area (Å²) in [6, 6.07) is 0.508. The van der Waals surface area contributed by atoms with Gasteiger partial charge in [0.2, 0.25) is 0 Å². The van der Waals surface area contributed by atoms with Crippen molar-refractivity contribution in [3.8, 4) is 0 Å². The second kappa shape index (κ2) is 5.25. The SMILES string of the molecule is CCN1CCN(CC2CC(O)CN2)CC1. The summed E-state index contributed by atoms with van der Waals surface area (Å²) < 4.78 is 0. The molecule has 0 spiro atoms. The van der Waals surface area contributed by atoms with Crippen LogP contribution in [0.1, 0.15) is 13.3 Å². The van der Waals surface area contributed by atoms with Gasteiger partial charge >= 0.3 is 0 Å². The van der Waals surface area contributed by atoms with Crippen molar-refractivity contribution in [3.05, 3.63) is 0 Å². The summed E-state index contributed by atoms with van der Waals surface area (Å²) in [4.78, 5) is 5.01. The maximum atomic E-state index is 9.42. The molecule has 0 amide bonds. The third-order valence-electron chi connectivity index (χ3n) is 3.59. The van der Waals surface area contributed by atoms with Crippen LogP contribution in [-0.2, 0) is 0 Å². The fraction of sp³-hybridized carbons (Fsp3) is 1.00. The molecule has 2 aliphatic rings. The molecule has 2 fully saturated rings. The number of rotatable bonds is 3. The molecule has 0 saturated carbocycles. The van der Waals surface area contributed by atoms with Crippen LogP contribution < -0.4 is 5.32 Å². The summed E-state index contributed by atoms with van der Waals surface area (Å²) in [6.07, 6.45) is 0.806. The summed E-state index contributed by atoms with van der Waals surface area (Å²) in [5.74, 6) is 0. The number of likely N-dealkylation sites (N-methyl/N-ethyl adjacent to an activating group) is 1. The molecule has 2 heterocycles. The highest BCUT2D eigenvalue weighted by Gasteiger charge is 2.25. The van der Waals surface area contributed by atoms with Crippen LogP contribution >= 0.6 is 0 Å². The quantitative estimate of drug-likeness (QED) is 0.653. The Balaban J connectivity index is 1.68. The predicted octanol–water partition coefficient (Wildman–Crippen LogP) is -0.653. The van der Waals surface area contributed by atoms with Crippen molar-refractivity contribution >= 4 is 0 Å². The van der Waals surface area contributed by atoms with Crippen LogP contribution in [0.2, 0.25) is 0 Å². The van der Waals surface area contributed by atoms with Gasteiger partial charge in [0.1, 0.15) is 0 Å². The van der Waals surface area contributed by atoms with Gasteiger partial charge in [-0.1, -0.05) is 6.92 Å². The van der Waals surface area contributed by atoms with Crippen LogP contribution in [0.3, 0.4) is 0 Å². The first-order valence-corrected chi connectivity index (χ1v) is 6.14. The Bertz CT molecular complexity index is 192. The lowest BCUT2D eigenvalue weighted by Gasteiger charge is -2.35. The molecule has 2 saturated heterocycles. The summed E-state index contributed by atoms with van der Waals surface area (Å²) >= 11 is 0. The number of piperazine rings is 1. The van der Waals surface area contributed by atoms with E-state index < -0.39 is 0 Å². The van der Waals surface area contributed by atoms with E-state index in [1.54, 1.807) is 0 Å². The van der Waals surface area contributed by atoms with Gasteiger partial charge in [0.15, 0.2) is 0 Å². The molecule has 4 nitrogen and oxygen atoms in total. The van der Waals surface area contributed by atoms with Gasteiger partial charge in [-0.3, -0.25) is 4.90 Å². The molecule has 2 rings (SSSR count). The Morgan fingerprint density at radius 2 is 1.87 bits per heavy atom. The first kappa shape index (κ1) is 11.3. The van der Waals surface area contributed by atoms with Crippen LogP contribution in [0.4, 0.5) is 0 Å². The van der Waals surface area contributed by atoms with Gasteiger partial charge in [-0.25, -0.2) is 0 Å². The minimum atomic E-state index is -0.119. The van der Waals surface area contributed by atoms with Crippen LogP contribution in [0.5, 0.6) is 0 Å². The minimum Gasteiger partial charge on any atom is -0.392 e. The van der Waals surface area contributed by atoms with E-state index in [4.69, 9.17) is 0 Å². The molecule has 0 aromatic rings. The van der Waals surface area contributed by atoms with Crippen molar-refractivity contribution < 1.29 is 5.11 Å². The highest BCUT2D eigenvalue weighted by Crippen LogP contribution is 2.09. The molecular weight excluding hydrogens is 190 g/mol. The number of hydrogen-bond acceptors (Lipinski definition) is 4. The third-order valence-corrected chi connectivity index (χ3v) is 3.59. The maximum absolute atomic E-state index is 9.42. The lowest BCUT2D eigenvalue weighted by Crippen LogP contribution is -2.49. The molecule has 2 aliphatic heterocycles. The zero-order valence-corrected chi connectivity index (χ0v) is 9.65. The van der Waals surface area contributed by atoms with E-state index in [0.717, 1.165) is 19.5 Å². The van der Waals surface area contributed by atoms with Gasteiger partial charge in [0, 0.05) is 45.3 Å².